The molecule has 20 heavy (non-hydrogen) atoms. The van der Waals surface area contributed by atoms with Crippen LogP contribution in [0.1, 0.15) is 15.9 Å². The third kappa shape index (κ3) is 2.76. The number of halogens is 1. The molecule has 1 aliphatic heterocycles. The number of fused-ring (bicyclic) bond motifs is 1. The zero-order valence-electron chi connectivity index (χ0n) is 10.8. The number of benzene rings is 2. The van der Waals surface area contributed by atoms with Gasteiger partial charge in [-0.25, -0.2) is 0 Å². The molecule has 2 aromatic carbocycles. The summed E-state index contributed by atoms with van der Waals surface area (Å²) in [7, 11) is 0. The molecule has 0 bridgehead atoms. The van der Waals surface area contributed by atoms with Gasteiger partial charge in [-0.2, -0.15) is 0 Å². The SMILES string of the molecule is O=C(CSc1ccccc1Br)c1cccc2c1OCC2. The lowest BCUT2D eigenvalue weighted by Crippen LogP contribution is -2.04. The number of thioether (sulfide) groups is 1. The van der Waals surface area contributed by atoms with Gasteiger partial charge in [-0.15, -0.1) is 11.8 Å². The summed E-state index contributed by atoms with van der Waals surface area (Å²) in [6.07, 6.45) is 0.897. The highest BCUT2D eigenvalue weighted by Crippen LogP contribution is 2.32. The van der Waals surface area contributed by atoms with Crippen LogP contribution in [-0.4, -0.2) is 18.1 Å². The number of hydrogen-bond acceptors (Lipinski definition) is 3. The van der Waals surface area contributed by atoms with Crippen molar-refractivity contribution in [1.82, 2.24) is 0 Å². The quantitative estimate of drug-likeness (QED) is 0.606. The molecule has 0 spiro atoms. The fourth-order valence-electron chi connectivity index (χ4n) is 2.22. The van der Waals surface area contributed by atoms with E-state index in [1.807, 2.05) is 42.5 Å². The van der Waals surface area contributed by atoms with E-state index in [1.165, 1.54) is 0 Å². The highest BCUT2D eigenvalue weighted by molar-refractivity contribution is 9.10. The lowest BCUT2D eigenvalue weighted by molar-refractivity contribution is 0.101. The average Bonchev–Trinajstić information content (AvgIpc) is 2.94. The molecule has 0 amide bonds. The molecule has 0 saturated heterocycles. The lowest BCUT2D eigenvalue weighted by Gasteiger charge is -2.07. The van der Waals surface area contributed by atoms with Crippen LogP contribution in [0.2, 0.25) is 0 Å². The first-order chi connectivity index (χ1) is 9.75. The molecule has 4 heteroatoms. The number of hydrogen-bond donors (Lipinski definition) is 0. The standard InChI is InChI=1S/C16H13BrO2S/c17-13-6-1-2-7-15(13)20-10-14(18)12-5-3-4-11-8-9-19-16(11)12/h1-7H,8-10H2. The van der Waals surface area contributed by atoms with E-state index in [0.717, 1.165) is 27.1 Å². The van der Waals surface area contributed by atoms with Gasteiger partial charge in [0.1, 0.15) is 5.75 Å². The number of carbonyl (C=O) groups excluding carboxylic acids is 1. The van der Waals surface area contributed by atoms with Gasteiger partial charge in [0, 0.05) is 15.8 Å². The predicted octanol–water partition coefficient (Wildman–Crippen LogP) is 4.36. The molecule has 1 heterocycles. The molecule has 2 nitrogen and oxygen atoms in total. The zero-order valence-corrected chi connectivity index (χ0v) is 13.2. The third-order valence-electron chi connectivity index (χ3n) is 3.21. The number of ketones is 1. The van der Waals surface area contributed by atoms with Gasteiger partial charge in [-0.05, 0) is 39.7 Å². The Morgan fingerprint density at radius 2 is 2.05 bits per heavy atom. The summed E-state index contributed by atoms with van der Waals surface area (Å²) < 4.78 is 6.61. The molecular weight excluding hydrogens is 336 g/mol. The van der Waals surface area contributed by atoms with Gasteiger partial charge in [0.25, 0.3) is 0 Å². The van der Waals surface area contributed by atoms with E-state index in [-0.39, 0.29) is 5.78 Å². The van der Waals surface area contributed by atoms with Crippen LogP contribution in [0.15, 0.2) is 51.8 Å². The van der Waals surface area contributed by atoms with Gasteiger partial charge in [0.15, 0.2) is 5.78 Å². The van der Waals surface area contributed by atoms with Gasteiger partial charge in [0.2, 0.25) is 0 Å². The van der Waals surface area contributed by atoms with Crippen LogP contribution >= 0.6 is 27.7 Å². The van der Waals surface area contributed by atoms with Gasteiger partial charge in [0.05, 0.1) is 17.9 Å². The molecule has 0 saturated carbocycles. The molecule has 0 radical (unpaired) electrons. The molecular formula is C16H13BrO2S. The summed E-state index contributed by atoms with van der Waals surface area (Å²) in [6.45, 7) is 0.678. The Bertz CT molecular complexity index is 655. The van der Waals surface area contributed by atoms with E-state index >= 15 is 0 Å². The van der Waals surface area contributed by atoms with Crippen molar-refractivity contribution in [2.24, 2.45) is 0 Å². The van der Waals surface area contributed by atoms with Crippen LogP contribution in [0.3, 0.4) is 0 Å². The third-order valence-corrected chi connectivity index (χ3v) is 5.24. The first-order valence-corrected chi connectivity index (χ1v) is 8.19. The number of para-hydroxylation sites is 1. The van der Waals surface area contributed by atoms with Crippen molar-refractivity contribution in [3.8, 4) is 5.75 Å². The summed E-state index contributed by atoms with van der Waals surface area (Å²) in [5, 5.41) is 0. The predicted molar refractivity (Wildman–Crippen MR) is 84.8 cm³/mol. The topological polar surface area (TPSA) is 26.3 Å². The van der Waals surface area contributed by atoms with E-state index in [4.69, 9.17) is 4.74 Å². The molecule has 2 aromatic rings. The summed E-state index contributed by atoms with van der Waals surface area (Å²) in [6, 6.07) is 13.7. The highest BCUT2D eigenvalue weighted by Gasteiger charge is 2.20. The summed E-state index contributed by atoms with van der Waals surface area (Å²) >= 11 is 5.04. The molecule has 0 unspecified atom stereocenters. The first kappa shape index (κ1) is 13.7. The van der Waals surface area contributed by atoms with Crippen LogP contribution in [-0.2, 0) is 6.42 Å². The minimum Gasteiger partial charge on any atom is -0.492 e. The largest absolute Gasteiger partial charge is 0.492 e. The van der Waals surface area contributed by atoms with Crippen LogP contribution < -0.4 is 4.74 Å². The summed E-state index contributed by atoms with van der Waals surface area (Å²) in [5.41, 5.74) is 1.85. The van der Waals surface area contributed by atoms with Crippen molar-refractivity contribution in [3.63, 3.8) is 0 Å². The first-order valence-electron chi connectivity index (χ1n) is 6.41. The fourth-order valence-corrected chi connectivity index (χ4v) is 3.67. The average molecular weight is 349 g/mol. The van der Waals surface area contributed by atoms with E-state index < -0.39 is 0 Å². The second kappa shape index (κ2) is 6.02. The summed E-state index contributed by atoms with van der Waals surface area (Å²) in [4.78, 5) is 13.5. The van der Waals surface area contributed by atoms with Crippen LogP contribution in [0.25, 0.3) is 0 Å². The molecule has 102 valence electrons. The van der Waals surface area contributed by atoms with E-state index in [1.54, 1.807) is 11.8 Å². The maximum atomic E-state index is 12.4. The molecule has 3 rings (SSSR count). The Kier molecular flexibility index (Phi) is 4.13. The number of carbonyl (C=O) groups is 1. The molecule has 0 N–H and O–H groups in total. The van der Waals surface area contributed by atoms with Crippen LogP contribution in [0, 0.1) is 0 Å². The van der Waals surface area contributed by atoms with Crippen LogP contribution in [0.4, 0.5) is 0 Å². The Labute approximate surface area is 130 Å². The lowest BCUT2D eigenvalue weighted by atomic mass is 10.1. The van der Waals surface area contributed by atoms with E-state index in [2.05, 4.69) is 15.9 Å². The molecule has 0 aromatic heterocycles. The molecule has 0 atom stereocenters. The second-order valence-electron chi connectivity index (χ2n) is 4.53. The van der Waals surface area contributed by atoms with Gasteiger partial charge in [-0.3, -0.25) is 4.79 Å². The Morgan fingerprint density at radius 3 is 2.90 bits per heavy atom. The summed E-state index contributed by atoms with van der Waals surface area (Å²) in [5.74, 6) is 1.32. The van der Waals surface area contributed by atoms with E-state index in [9.17, 15) is 4.79 Å². The Balaban J connectivity index is 1.75. The fraction of sp³-hybridized carbons (Fsp3) is 0.188. The van der Waals surface area contributed by atoms with Crippen molar-refractivity contribution in [2.45, 2.75) is 11.3 Å². The van der Waals surface area contributed by atoms with E-state index in [0.29, 0.717) is 17.9 Å². The Hall–Kier alpha value is -1.26. The number of ether oxygens (including phenoxy) is 1. The van der Waals surface area contributed by atoms with Crippen LogP contribution in [0.5, 0.6) is 5.75 Å². The Morgan fingerprint density at radius 1 is 1.20 bits per heavy atom. The monoisotopic (exact) mass is 348 g/mol. The maximum absolute atomic E-state index is 12.4. The van der Waals surface area contributed by atoms with Gasteiger partial charge >= 0.3 is 0 Å². The van der Waals surface area contributed by atoms with Gasteiger partial charge in [-0.1, -0.05) is 24.3 Å². The van der Waals surface area contributed by atoms with Crippen molar-refractivity contribution in [2.75, 3.05) is 12.4 Å². The normalized spacial score (nSPS) is 12.8. The van der Waals surface area contributed by atoms with Crippen molar-refractivity contribution in [3.05, 3.63) is 58.1 Å². The van der Waals surface area contributed by atoms with Gasteiger partial charge < -0.3 is 4.74 Å². The highest BCUT2D eigenvalue weighted by atomic mass is 79.9. The zero-order chi connectivity index (χ0) is 13.9. The number of rotatable bonds is 4. The second-order valence-corrected chi connectivity index (χ2v) is 6.41. The van der Waals surface area contributed by atoms with Crippen molar-refractivity contribution in [1.29, 1.82) is 0 Å². The minimum absolute atomic E-state index is 0.115. The smallest absolute Gasteiger partial charge is 0.176 e. The maximum Gasteiger partial charge on any atom is 0.176 e. The molecule has 1 aliphatic rings. The van der Waals surface area contributed by atoms with Crippen molar-refractivity contribution < 1.29 is 9.53 Å². The molecule has 0 aliphatic carbocycles. The number of Topliss-reactive ketones (excluding diaryl/α,β-unsaturated/α-hetero) is 1. The minimum atomic E-state index is 0.115. The van der Waals surface area contributed by atoms with Crippen molar-refractivity contribution >= 4 is 33.5 Å². The molecule has 0 fully saturated rings.